The molecular formula is C15H26. The van der Waals surface area contributed by atoms with E-state index in [1.165, 1.54) is 44.9 Å². The van der Waals surface area contributed by atoms with Gasteiger partial charge in [-0.25, -0.2) is 0 Å². The fourth-order valence-electron chi connectivity index (χ4n) is 3.87. The summed E-state index contributed by atoms with van der Waals surface area (Å²) in [6, 6.07) is 0. The maximum atomic E-state index is 2.57. The van der Waals surface area contributed by atoms with Crippen LogP contribution >= 0.6 is 0 Å². The molecule has 0 heterocycles. The highest BCUT2D eigenvalue weighted by molar-refractivity contribution is 5.17. The summed E-state index contributed by atoms with van der Waals surface area (Å²) in [5, 5.41) is 0. The van der Waals surface area contributed by atoms with Crippen molar-refractivity contribution in [2.45, 2.75) is 65.7 Å². The third-order valence-electron chi connectivity index (χ3n) is 5.13. The van der Waals surface area contributed by atoms with Crippen LogP contribution in [-0.2, 0) is 0 Å². The average molecular weight is 206 g/mol. The third-order valence-corrected chi connectivity index (χ3v) is 5.13. The normalized spacial score (nSPS) is 43.3. The standard InChI is InChI=1S/C15H26/c1-4-5-7-13-8-6-11-15(3)12(2)9-10-14(13)15/h7,12,14H,4-6,8-11H2,1-3H3/b13-7+. The molecule has 0 N–H and O–H groups in total. The van der Waals surface area contributed by atoms with E-state index in [2.05, 4.69) is 26.8 Å². The molecule has 3 unspecified atom stereocenters. The smallest absolute Gasteiger partial charge is 0.0147 e. The number of hydrogen-bond donors (Lipinski definition) is 0. The minimum absolute atomic E-state index is 0.651. The largest absolute Gasteiger partial charge is 0.0850 e. The molecule has 86 valence electrons. The summed E-state index contributed by atoms with van der Waals surface area (Å²) in [6.45, 7) is 7.31. The quantitative estimate of drug-likeness (QED) is 0.561. The molecule has 0 aliphatic heterocycles. The van der Waals surface area contributed by atoms with E-state index < -0.39 is 0 Å². The van der Waals surface area contributed by atoms with Gasteiger partial charge in [-0.15, -0.1) is 0 Å². The van der Waals surface area contributed by atoms with Gasteiger partial charge in [-0.2, -0.15) is 0 Å². The van der Waals surface area contributed by atoms with E-state index in [1.807, 2.05) is 5.57 Å². The van der Waals surface area contributed by atoms with Gasteiger partial charge in [0.2, 0.25) is 0 Å². The summed E-state index contributed by atoms with van der Waals surface area (Å²) >= 11 is 0. The Kier molecular flexibility index (Phi) is 3.23. The van der Waals surface area contributed by atoms with Crippen LogP contribution in [0.3, 0.4) is 0 Å². The zero-order valence-electron chi connectivity index (χ0n) is 10.7. The molecule has 0 bridgehead atoms. The lowest BCUT2D eigenvalue weighted by atomic mass is 9.64. The molecule has 2 aliphatic rings. The van der Waals surface area contributed by atoms with Crippen LogP contribution in [0.2, 0.25) is 0 Å². The van der Waals surface area contributed by atoms with Crippen LogP contribution in [0.4, 0.5) is 0 Å². The van der Waals surface area contributed by atoms with Crippen molar-refractivity contribution in [2.75, 3.05) is 0 Å². The molecule has 2 fully saturated rings. The van der Waals surface area contributed by atoms with Gasteiger partial charge in [-0.3, -0.25) is 0 Å². The number of hydrogen-bond acceptors (Lipinski definition) is 0. The molecule has 0 saturated heterocycles. The third kappa shape index (κ3) is 1.88. The second kappa shape index (κ2) is 4.31. The van der Waals surface area contributed by atoms with Gasteiger partial charge >= 0.3 is 0 Å². The molecule has 0 heteroatoms. The number of allylic oxidation sites excluding steroid dienone is 2. The topological polar surface area (TPSA) is 0 Å². The van der Waals surface area contributed by atoms with Gasteiger partial charge in [0.1, 0.15) is 0 Å². The minimum Gasteiger partial charge on any atom is -0.0850 e. The summed E-state index contributed by atoms with van der Waals surface area (Å²) in [4.78, 5) is 0. The van der Waals surface area contributed by atoms with Crippen LogP contribution in [0.15, 0.2) is 11.6 Å². The van der Waals surface area contributed by atoms with E-state index >= 15 is 0 Å². The number of fused-ring (bicyclic) bond motifs is 1. The molecule has 0 aromatic carbocycles. The Morgan fingerprint density at radius 1 is 1.40 bits per heavy atom. The summed E-state index contributed by atoms with van der Waals surface area (Å²) in [7, 11) is 0. The summed E-state index contributed by atoms with van der Waals surface area (Å²) in [5.41, 5.74) is 2.47. The van der Waals surface area contributed by atoms with Crippen molar-refractivity contribution in [3.05, 3.63) is 11.6 Å². The maximum absolute atomic E-state index is 2.57. The van der Waals surface area contributed by atoms with E-state index in [-0.39, 0.29) is 0 Å². The highest BCUT2D eigenvalue weighted by Crippen LogP contribution is 2.57. The molecule has 2 aliphatic carbocycles. The van der Waals surface area contributed by atoms with Crippen molar-refractivity contribution >= 4 is 0 Å². The second-order valence-electron chi connectivity index (χ2n) is 5.96. The molecule has 2 saturated carbocycles. The number of rotatable bonds is 2. The summed E-state index contributed by atoms with van der Waals surface area (Å²) in [5.74, 6) is 1.89. The SMILES string of the molecule is CCC/C=C1\CCCC2(C)C(C)CCC12. The van der Waals surface area contributed by atoms with Crippen LogP contribution in [0.5, 0.6) is 0 Å². The first-order valence-electron chi connectivity index (χ1n) is 6.87. The fourth-order valence-corrected chi connectivity index (χ4v) is 3.87. The van der Waals surface area contributed by atoms with Crippen molar-refractivity contribution < 1.29 is 0 Å². The van der Waals surface area contributed by atoms with Gasteiger partial charge in [0, 0.05) is 0 Å². The first kappa shape index (κ1) is 11.2. The van der Waals surface area contributed by atoms with Gasteiger partial charge in [0.05, 0.1) is 0 Å². The Morgan fingerprint density at radius 3 is 2.93 bits per heavy atom. The van der Waals surface area contributed by atoms with E-state index in [0.29, 0.717) is 5.41 Å². The van der Waals surface area contributed by atoms with E-state index in [0.717, 1.165) is 11.8 Å². The maximum Gasteiger partial charge on any atom is -0.0147 e. The predicted octanol–water partition coefficient (Wildman–Crippen LogP) is 4.95. The van der Waals surface area contributed by atoms with Crippen LogP contribution in [0, 0.1) is 17.3 Å². The van der Waals surface area contributed by atoms with Crippen molar-refractivity contribution in [2.24, 2.45) is 17.3 Å². The van der Waals surface area contributed by atoms with Gasteiger partial charge in [-0.05, 0) is 55.8 Å². The zero-order valence-corrected chi connectivity index (χ0v) is 10.7. The van der Waals surface area contributed by atoms with Crippen molar-refractivity contribution in [3.8, 4) is 0 Å². The lowest BCUT2D eigenvalue weighted by Crippen LogP contribution is -2.31. The van der Waals surface area contributed by atoms with Crippen molar-refractivity contribution in [1.29, 1.82) is 0 Å². The van der Waals surface area contributed by atoms with Crippen LogP contribution in [-0.4, -0.2) is 0 Å². The predicted molar refractivity (Wildman–Crippen MR) is 66.8 cm³/mol. The Hall–Kier alpha value is -0.260. The molecular weight excluding hydrogens is 180 g/mol. The first-order valence-corrected chi connectivity index (χ1v) is 6.87. The van der Waals surface area contributed by atoms with E-state index in [4.69, 9.17) is 0 Å². The van der Waals surface area contributed by atoms with Crippen LogP contribution < -0.4 is 0 Å². The highest BCUT2D eigenvalue weighted by Gasteiger charge is 2.46. The fraction of sp³-hybridized carbons (Fsp3) is 0.867. The average Bonchev–Trinajstić information content (AvgIpc) is 2.53. The summed E-state index contributed by atoms with van der Waals surface area (Å²) < 4.78 is 0. The van der Waals surface area contributed by atoms with Crippen LogP contribution in [0.25, 0.3) is 0 Å². The van der Waals surface area contributed by atoms with Gasteiger partial charge in [-0.1, -0.05) is 38.8 Å². The molecule has 0 aromatic heterocycles. The molecule has 2 rings (SSSR count). The van der Waals surface area contributed by atoms with Crippen molar-refractivity contribution in [3.63, 3.8) is 0 Å². The minimum atomic E-state index is 0.651. The van der Waals surface area contributed by atoms with Crippen molar-refractivity contribution in [1.82, 2.24) is 0 Å². The van der Waals surface area contributed by atoms with Gasteiger partial charge < -0.3 is 0 Å². The highest BCUT2D eigenvalue weighted by atomic mass is 14.5. The van der Waals surface area contributed by atoms with Crippen LogP contribution in [0.1, 0.15) is 65.7 Å². The Morgan fingerprint density at radius 2 is 2.20 bits per heavy atom. The molecule has 0 aromatic rings. The molecule has 15 heavy (non-hydrogen) atoms. The van der Waals surface area contributed by atoms with Gasteiger partial charge in [0.25, 0.3) is 0 Å². The second-order valence-corrected chi connectivity index (χ2v) is 5.96. The van der Waals surface area contributed by atoms with E-state index in [9.17, 15) is 0 Å². The molecule has 3 atom stereocenters. The lowest BCUT2D eigenvalue weighted by molar-refractivity contribution is 0.146. The molecule has 0 amide bonds. The summed E-state index contributed by atoms with van der Waals surface area (Å²) in [6.07, 6.45) is 12.4. The lowest BCUT2D eigenvalue weighted by Gasteiger charge is -2.41. The Balaban J connectivity index is 2.16. The zero-order chi connectivity index (χ0) is 10.9. The van der Waals surface area contributed by atoms with E-state index in [1.54, 1.807) is 0 Å². The molecule has 0 radical (unpaired) electrons. The Labute approximate surface area is 95.1 Å². The first-order chi connectivity index (χ1) is 7.18. The monoisotopic (exact) mass is 206 g/mol. The number of unbranched alkanes of at least 4 members (excludes halogenated alkanes) is 1. The molecule has 0 spiro atoms. The Bertz CT molecular complexity index is 251. The molecule has 0 nitrogen and oxygen atoms in total. The van der Waals surface area contributed by atoms with Gasteiger partial charge in [0.15, 0.2) is 0 Å².